The number of hydrogen-bond donors (Lipinski definition) is 1. The van der Waals surface area contributed by atoms with Gasteiger partial charge >= 0.3 is 5.97 Å². The molecule has 0 spiro atoms. The first-order valence-corrected chi connectivity index (χ1v) is 5.08. The van der Waals surface area contributed by atoms with E-state index in [4.69, 9.17) is 5.11 Å². The summed E-state index contributed by atoms with van der Waals surface area (Å²) in [6.07, 6.45) is 7.80. The van der Waals surface area contributed by atoms with E-state index in [1.807, 2.05) is 0 Å². The highest BCUT2D eigenvalue weighted by molar-refractivity contribution is 5.90. The van der Waals surface area contributed by atoms with Gasteiger partial charge in [0.25, 0.3) is 0 Å². The molecule has 0 fully saturated rings. The Balaban J connectivity index is 2.14. The average Bonchev–Trinajstić information content (AvgIpc) is 2.82. The van der Waals surface area contributed by atoms with Gasteiger partial charge in [-0.3, -0.25) is 0 Å². The number of hydrogen-bond acceptors (Lipinski definition) is 5. The molecule has 0 aromatic carbocycles. The van der Waals surface area contributed by atoms with Gasteiger partial charge in [0.1, 0.15) is 23.2 Å². The predicted octanol–water partition coefficient (Wildman–Crippen LogP) is 0.909. The normalized spacial score (nSPS) is 10.7. The minimum atomic E-state index is -1.06. The molecule has 3 aromatic heterocycles. The molecule has 0 aliphatic heterocycles. The molecule has 0 unspecified atom stereocenters. The van der Waals surface area contributed by atoms with Gasteiger partial charge in [0, 0.05) is 11.6 Å². The number of nitrogens with zero attached hydrogens (tertiary/aromatic N) is 5. The first-order chi connectivity index (χ1) is 8.74. The van der Waals surface area contributed by atoms with E-state index in [2.05, 4.69) is 20.1 Å². The fourth-order valence-corrected chi connectivity index (χ4v) is 1.59. The maximum Gasteiger partial charge on any atom is 0.354 e. The monoisotopic (exact) mass is 241 g/mol. The molecule has 7 nitrogen and oxygen atoms in total. The Morgan fingerprint density at radius 1 is 1.22 bits per heavy atom. The van der Waals surface area contributed by atoms with Crippen molar-refractivity contribution in [3.63, 3.8) is 0 Å². The topological polar surface area (TPSA) is 93.8 Å². The molecule has 3 aromatic rings. The van der Waals surface area contributed by atoms with Crippen LogP contribution in [0, 0.1) is 0 Å². The summed E-state index contributed by atoms with van der Waals surface area (Å²) < 4.78 is 1.58. The van der Waals surface area contributed by atoms with Crippen molar-refractivity contribution in [3.05, 3.63) is 42.9 Å². The van der Waals surface area contributed by atoms with Crippen LogP contribution in [0.25, 0.3) is 16.6 Å². The molecule has 0 atom stereocenters. The van der Waals surface area contributed by atoms with E-state index >= 15 is 0 Å². The number of carboxylic acid groups (broad SMARTS) is 1. The third-order valence-electron chi connectivity index (χ3n) is 2.42. The van der Waals surface area contributed by atoms with Gasteiger partial charge in [0.15, 0.2) is 0 Å². The van der Waals surface area contributed by atoms with Gasteiger partial charge in [-0.2, -0.15) is 5.10 Å². The molecule has 0 radical (unpaired) electrons. The molecular weight excluding hydrogens is 234 g/mol. The van der Waals surface area contributed by atoms with Crippen LogP contribution in [0.4, 0.5) is 0 Å². The second kappa shape index (κ2) is 3.88. The SMILES string of the molecule is O=C(O)c1cc2cn(-c3cncnc3)nc2cn1. The molecule has 0 bridgehead atoms. The minimum Gasteiger partial charge on any atom is -0.477 e. The van der Waals surface area contributed by atoms with Gasteiger partial charge in [-0.05, 0) is 6.07 Å². The van der Waals surface area contributed by atoms with Crippen LogP contribution in [0.15, 0.2) is 37.2 Å². The van der Waals surface area contributed by atoms with Crippen molar-refractivity contribution in [2.24, 2.45) is 0 Å². The molecule has 0 saturated carbocycles. The number of pyridine rings is 1. The number of rotatable bonds is 2. The third-order valence-corrected chi connectivity index (χ3v) is 2.42. The summed E-state index contributed by atoms with van der Waals surface area (Å²) >= 11 is 0. The Morgan fingerprint density at radius 2 is 2.00 bits per heavy atom. The zero-order chi connectivity index (χ0) is 12.5. The van der Waals surface area contributed by atoms with E-state index < -0.39 is 5.97 Å². The molecule has 0 aliphatic rings. The first-order valence-electron chi connectivity index (χ1n) is 5.08. The summed E-state index contributed by atoms with van der Waals surface area (Å²) in [5.41, 5.74) is 1.31. The van der Waals surface area contributed by atoms with Gasteiger partial charge in [0.05, 0.1) is 18.6 Å². The standard InChI is InChI=1S/C11H7N5O2/c17-11(18)9-1-7-5-16(15-10(7)4-14-9)8-2-12-6-13-3-8/h1-6H,(H,17,18). The van der Waals surface area contributed by atoms with Gasteiger partial charge in [-0.25, -0.2) is 24.4 Å². The van der Waals surface area contributed by atoms with Crippen LogP contribution in [0.2, 0.25) is 0 Å². The van der Waals surface area contributed by atoms with E-state index in [-0.39, 0.29) is 5.69 Å². The maximum atomic E-state index is 10.8. The summed E-state index contributed by atoms with van der Waals surface area (Å²) in [5, 5.41) is 13.8. The quantitative estimate of drug-likeness (QED) is 0.716. The van der Waals surface area contributed by atoms with Crippen LogP contribution < -0.4 is 0 Å². The molecular formula is C11H7N5O2. The Morgan fingerprint density at radius 3 is 2.72 bits per heavy atom. The van der Waals surface area contributed by atoms with Crippen molar-refractivity contribution in [2.45, 2.75) is 0 Å². The molecule has 0 saturated heterocycles. The maximum absolute atomic E-state index is 10.8. The summed E-state index contributed by atoms with van der Waals surface area (Å²) in [6, 6.07) is 1.48. The fourth-order valence-electron chi connectivity index (χ4n) is 1.59. The zero-order valence-corrected chi connectivity index (χ0v) is 9.06. The molecule has 1 N–H and O–H groups in total. The van der Waals surface area contributed by atoms with Gasteiger partial charge in [-0.15, -0.1) is 0 Å². The van der Waals surface area contributed by atoms with E-state index in [1.165, 1.54) is 18.6 Å². The molecule has 0 amide bonds. The van der Waals surface area contributed by atoms with Crippen molar-refractivity contribution in [3.8, 4) is 5.69 Å². The summed E-state index contributed by atoms with van der Waals surface area (Å²) in [6.45, 7) is 0. The number of aromatic carboxylic acids is 1. The molecule has 3 heterocycles. The van der Waals surface area contributed by atoms with Crippen molar-refractivity contribution in [1.29, 1.82) is 0 Å². The summed E-state index contributed by atoms with van der Waals surface area (Å²) in [7, 11) is 0. The summed E-state index contributed by atoms with van der Waals surface area (Å²) in [5.74, 6) is -1.06. The van der Waals surface area contributed by atoms with Gasteiger partial charge in [-0.1, -0.05) is 0 Å². The fraction of sp³-hybridized carbons (Fsp3) is 0. The van der Waals surface area contributed by atoms with Crippen LogP contribution in [0.1, 0.15) is 10.5 Å². The Hall–Kier alpha value is -2.83. The Bertz CT molecular complexity index is 723. The Labute approximate surface area is 101 Å². The first kappa shape index (κ1) is 10.3. The lowest BCUT2D eigenvalue weighted by Crippen LogP contribution is -1.98. The molecule has 3 rings (SSSR count). The van der Waals surface area contributed by atoms with E-state index in [0.29, 0.717) is 16.6 Å². The van der Waals surface area contributed by atoms with Crippen LogP contribution in [-0.4, -0.2) is 35.8 Å². The average molecular weight is 241 g/mol. The lowest BCUT2D eigenvalue weighted by atomic mass is 10.3. The highest BCUT2D eigenvalue weighted by Crippen LogP contribution is 2.15. The molecule has 88 valence electrons. The second-order valence-electron chi connectivity index (χ2n) is 3.60. The van der Waals surface area contributed by atoms with Crippen molar-refractivity contribution >= 4 is 16.9 Å². The number of aromatic nitrogens is 5. The molecule has 0 aliphatic carbocycles. The lowest BCUT2D eigenvalue weighted by molar-refractivity contribution is 0.0690. The van der Waals surface area contributed by atoms with E-state index in [9.17, 15) is 4.79 Å². The third kappa shape index (κ3) is 1.67. The van der Waals surface area contributed by atoms with Crippen LogP contribution in [0.5, 0.6) is 0 Å². The zero-order valence-electron chi connectivity index (χ0n) is 9.06. The highest BCUT2D eigenvalue weighted by atomic mass is 16.4. The number of carbonyl (C=O) groups is 1. The van der Waals surface area contributed by atoms with Gasteiger partial charge < -0.3 is 5.11 Å². The molecule has 18 heavy (non-hydrogen) atoms. The summed E-state index contributed by atoms with van der Waals surface area (Å²) in [4.78, 5) is 22.4. The van der Waals surface area contributed by atoms with E-state index in [1.54, 1.807) is 23.3 Å². The minimum absolute atomic E-state index is 0.00800. The smallest absolute Gasteiger partial charge is 0.354 e. The highest BCUT2D eigenvalue weighted by Gasteiger charge is 2.08. The van der Waals surface area contributed by atoms with Crippen molar-refractivity contribution < 1.29 is 9.90 Å². The second-order valence-corrected chi connectivity index (χ2v) is 3.60. The lowest BCUT2D eigenvalue weighted by Gasteiger charge is -1.96. The Kier molecular flexibility index (Phi) is 2.23. The largest absolute Gasteiger partial charge is 0.477 e. The molecule has 7 heteroatoms. The number of carboxylic acids is 1. The van der Waals surface area contributed by atoms with Crippen molar-refractivity contribution in [2.75, 3.05) is 0 Å². The van der Waals surface area contributed by atoms with Crippen LogP contribution in [0.3, 0.4) is 0 Å². The predicted molar refractivity (Wildman–Crippen MR) is 61.4 cm³/mol. The van der Waals surface area contributed by atoms with Gasteiger partial charge in [0.2, 0.25) is 0 Å². The van der Waals surface area contributed by atoms with Crippen molar-refractivity contribution in [1.82, 2.24) is 24.7 Å². The van der Waals surface area contributed by atoms with Crippen LogP contribution in [-0.2, 0) is 0 Å². The number of fused-ring (bicyclic) bond motifs is 1. The van der Waals surface area contributed by atoms with E-state index in [0.717, 1.165) is 0 Å². The van der Waals surface area contributed by atoms with Crippen LogP contribution >= 0.6 is 0 Å².